The van der Waals surface area contributed by atoms with E-state index in [2.05, 4.69) is 41.0 Å². The number of carbonyl (C=O) groups is 2. The van der Waals surface area contributed by atoms with Gasteiger partial charge in [-0.15, -0.1) is 0 Å². The molecule has 0 saturated heterocycles. The molecule has 2 amide bonds. The van der Waals surface area contributed by atoms with Gasteiger partial charge in [-0.3, -0.25) is 9.59 Å². The van der Waals surface area contributed by atoms with Gasteiger partial charge in [0.1, 0.15) is 5.75 Å². The van der Waals surface area contributed by atoms with Crippen molar-refractivity contribution in [3.8, 4) is 5.75 Å². The normalized spacial score (nSPS) is 16.9. The second-order valence-corrected chi connectivity index (χ2v) is 10.5. The number of aliphatic hydroxyl groups is 1. The highest BCUT2D eigenvalue weighted by Gasteiger charge is 2.31. The first-order valence-electron chi connectivity index (χ1n) is 13.8. The molecule has 0 bridgehead atoms. The minimum atomic E-state index is -0.750. The van der Waals surface area contributed by atoms with Gasteiger partial charge in [-0.1, -0.05) is 66.7 Å². The van der Waals surface area contributed by atoms with Crippen molar-refractivity contribution in [1.29, 1.82) is 0 Å². The summed E-state index contributed by atoms with van der Waals surface area (Å²) in [4.78, 5) is 28.5. The van der Waals surface area contributed by atoms with Gasteiger partial charge in [-0.25, -0.2) is 0 Å². The molecule has 4 aromatic rings. The van der Waals surface area contributed by atoms with Crippen LogP contribution in [0, 0.1) is 0 Å². The highest BCUT2D eigenvalue weighted by Crippen LogP contribution is 2.32. The fraction of sp³-hybridized carbons (Fsp3) is 0.273. The van der Waals surface area contributed by atoms with Gasteiger partial charge in [-0.05, 0) is 58.5 Å². The lowest BCUT2D eigenvalue weighted by Gasteiger charge is -2.30. The van der Waals surface area contributed by atoms with Crippen molar-refractivity contribution in [2.24, 2.45) is 0 Å². The third-order valence-electron chi connectivity index (χ3n) is 7.92. The zero-order chi connectivity index (χ0) is 27.6. The minimum Gasteiger partial charge on any atom is -0.493 e. The van der Waals surface area contributed by atoms with Crippen molar-refractivity contribution >= 4 is 22.6 Å². The molecule has 0 aliphatic carbocycles. The Kier molecular flexibility index (Phi) is 7.24. The van der Waals surface area contributed by atoms with Gasteiger partial charge in [0.25, 0.3) is 11.8 Å². The summed E-state index contributed by atoms with van der Waals surface area (Å²) in [6, 6.07) is 25.8. The number of nitrogens with one attached hydrogen (secondary N) is 2. The van der Waals surface area contributed by atoms with Gasteiger partial charge in [-0.2, -0.15) is 0 Å². The van der Waals surface area contributed by atoms with Crippen LogP contribution < -0.4 is 15.4 Å². The highest BCUT2D eigenvalue weighted by molar-refractivity contribution is 6.03. The van der Waals surface area contributed by atoms with E-state index in [4.69, 9.17) is 4.74 Å². The van der Waals surface area contributed by atoms with Crippen LogP contribution in [0.3, 0.4) is 0 Å². The van der Waals surface area contributed by atoms with Crippen LogP contribution in [-0.2, 0) is 26.1 Å². The number of nitrogens with zero attached hydrogens (tertiary/aromatic N) is 1. The van der Waals surface area contributed by atoms with E-state index in [0.717, 1.165) is 21.9 Å². The van der Waals surface area contributed by atoms with Crippen LogP contribution in [-0.4, -0.2) is 47.1 Å². The molecule has 2 atom stereocenters. The first-order chi connectivity index (χ1) is 19.5. The summed E-state index contributed by atoms with van der Waals surface area (Å²) in [7, 11) is 0. The predicted molar refractivity (Wildman–Crippen MR) is 154 cm³/mol. The number of rotatable bonds is 8. The van der Waals surface area contributed by atoms with Gasteiger partial charge in [0.15, 0.2) is 0 Å². The Morgan fingerprint density at radius 3 is 2.67 bits per heavy atom. The molecule has 0 radical (unpaired) electrons. The largest absolute Gasteiger partial charge is 0.493 e. The summed E-state index contributed by atoms with van der Waals surface area (Å²) >= 11 is 0. The fourth-order valence-corrected chi connectivity index (χ4v) is 5.80. The molecule has 0 saturated carbocycles. The molecule has 0 aromatic heterocycles. The summed E-state index contributed by atoms with van der Waals surface area (Å²) in [5.74, 6) is -0.0327. The van der Waals surface area contributed by atoms with Gasteiger partial charge < -0.3 is 25.4 Å². The second kappa shape index (κ2) is 11.1. The molecule has 2 unspecified atom stereocenters. The van der Waals surface area contributed by atoms with E-state index < -0.39 is 6.10 Å². The van der Waals surface area contributed by atoms with Crippen LogP contribution >= 0.6 is 0 Å². The van der Waals surface area contributed by atoms with Crippen LogP contribution in [0.2, 0.25) is 0 Å². The molecule has 0 spiro atoms. The van der Waals surface area contributed by atoms with E-state index >= 15 is 0 Å². The lowest BCUT2D eigenvalue weighted by atomic mass is 9.93. The summed E-state index contributed by atoms with van der Waals surface area (Å²) in [6.07, 6.45) is -0.0507. The average molecular weight is 536 g/mol. The van der Waals surface area contributed by atoms with Crippen LogP contribution in [0.25, 0.3) is 10.8 Å². The summed E-state index contributed by atoms with van der Waals surface area (Å²) in [5, 5.41) is 19.4. The molecule has 4 aromatic carbocycles. The molecule has 40 heavy (non-hydrogen) atoms. The maximum Gasteiger partial charge on any atom is 0.255 e. The molecular formula is C33H33N3O4. The topological polar surface area (TPSA) is 90.9 Å². The maximum atomic E-state index is 13.4. The number of benzene rings is 4. The Morgan fingerprint density at radius 1 is 1.05 bits per heavy atom. The van der Waals surface area contributed by atoms with E-state index in [0.29, 0.717) is 49.5 Å². The SMILES string of the molecule is CCOc1cc2c(cc1C(=O)NCC(O)C1Cc3ccccc3CN1)CN(Cc1cccc3ccccc13)C2=O. The predicted octanol–water partition coefficient (Wildman–Crippen LogP) is 4.20. The molecule has 0 fully saturated rings. The average Bonchev–Trinajstić information content (AvgIpc) is 3.29. The van der Waals surface area contributed by atoms with E-state index in [1.165, 1.54) is 11.1 Å². The van der Waals surface area contributed by atoms with E-state index in [1.807, 2.05) is 43.3 Å². The molecule has 7 heteroatoms. The molecule has 2 aliphatic rings. The zero-order valence-corrected chi connectivity index (χ0v) is 22.5. The lowest BCUT2D eigenvalue weighted by molar-refractivity contribution is 0.0766. The first kappa shape index (κ1) is 26.0. The maximum absolute atomic E-state index is 13.4. The van der Waals surface area contributed by atoms with Crippen molar-refractivity contribution in [3.05, 3.63) is 112 Å². The molecule has 204 valence electrons. The van der Waals surface area contributed by atoms with E-state index in [1.54, 1.807) is 17.0 Å². The lowest BCUT2D eigenvalue weighted by Crippen LogP contribution is -2.49. The van der Waals surface area contributed by atoms with E-state index in [-0.39, 0.29) is 24.4 Å². The van der Waals surface area contributed by atoms with Crippen molar-refractivity contribution in [1.82, 2.24) is 15.5 Å². The van der Waals surface area contributed by atoms with Gasteiger partial charge in [0, 0.05) is 37.8 Å². The Morgan fingerprint density at radius 2 is 1.82 bits per heavy atom. The number of fused-ring (bicyclic) bond motifs is 3. The molecule has 7 nitrogen and oxygen atoms in total. The number of hydrogen-bond acceptors (Lipinski definition) is 5. The van der Waals surface area contributed by atoms with E-state index in [9.17, 15) is 14.7 Å². The van der Waals surface area contributed by atoms with Crippen molar-refractivity contribution in [2.75, 3.05) is 13.2 Å². The van der Waals surface area contributed by atoms with Gasteiger partial charge in [0.05, 0.1) is 18.3 Å². The third kappa shape index (κ3) is 5.06. The Labute approximate surface area is 233 Å². The molecule has 2 aliphatic heterocycles. The number of aliphatic hydroxyl groups excluding tert-OH is 1. The van der Waals surface area contributed by atoms with Crippen LogP contribution in [0.5, 0.6) is 5.75 Å². The van der Waals surface area contributed by atoms with Gasteiger partial charge >= 0.3 is 0 Å². The van der Waals surface area contributed by atoms with Crippen LogP contribution in [0.4, 0.5) is 0 Å². The number of ether oxygens (including phenoxy) is 1. The fourth-order valence-electron chi connectivity index (χ4n) is 5.80. The summed E-state index contributed by atoms with van der Waals surface area (Å²) in [5.41, 5.74) is 5.25. The molecule has 6 rings (SSSR count). The summed E-state index contributed by atoms with van der Waals surface area (Å²) in [6.45, 7) is 3.89. The smallest absolute Gasteiger partial charge is 0.255 e. The minimum absolute atomic E-state index is 0.0741. The van der Waals surface area contributed by atoms with Crippen molar-refractivity contribution < 1.29 is 19.4 Å². The molecular weight excluding hydrogens is 502 g/mol. The number of hydrogen-bond donors (Lipinski definition) is 3. The second-order valence-electron chi connectivity index (χ2n) is 10.5. The Bertz CT molecular complexity index is 1580. The Balaban J connectivity index is 1.17. The third-order valence-corrected chi connectivity index (χ3v) is 7.92. The molecule has 2 heterocycles. The van der Waals surface area contributed by atoms with Gasteiger partial charge in [0.2, 0.25) is 0 Å². The number of carbonyl (C=O) groups excluding carboxylic acids is 2. The quantitative estimate of drug-likeness (QED) is 0.315. The number of amides is 2. The highest BCUT2D eigenvalue weighted by atomic mass is 16.5. The molecule has 3 N–H and O–H groups in total. The van der Waals surface area contributed by atoms with Crippen LogP contribution in [0.1, 0.15) is 49.9 Å². The first-order valence-corrected chi connectivity index (χ1v) is 13.8. The van der Waals surface area contributed by atoms with Crippen molar-refractivity contribution in [2.45, 2.75) is 45.1 Å². The van der Waals surface area contributed by atoms with Crippen LogP contribution in [0.15, 0.2) is 78.9 Å². The van der Waals surface area contributed by atoms with Crippen molar-refractivity contribution in [3.63, 3.8) is 0 Å². The standard InChI is InChI=1S/C33H33N3O4/c1-2-40-31-16-27-25(20-36(33(27)39)19-24-12-7-11-21-8-5-6-13-26(21)24)14-28(31)32(38)35-18-30(37)29-15-22-9-3-4-10-23(22)17-34-29/h3-14,16,29-30,34,37H,2,15,17-20H2,1H3,(H,35,38). The summed E-state index contributed by atoms with van der Waals surface area (Å²) < 4.78 is 5.80. The monoisotopic (exact) mass is 535 g/mol. The Hall–Kier alpha value is -4.20. The zero-order valence-electron chi connectivity index (χ0n) is 22.5.